The second-order valence-electron chi connectivity index (χ2n) is 2.72. The topological polar surface area (TPSA) is 23.8 Å². The van der Waals surface area contributed by atoms with Crippen molar-refractivity contribution in [3.8, 4) is 6.07 Å². The first-order chi connectivity index (χ1) is 5.69. The highest BCUT2D eigenvalue weighted by atomic mass is 19.1. The summed E-state index contributed by atoms with van der Waals surface area (Å²) in [6.07, 6.45) is 0.665. The minimum absolute atomic E-state index is 0.278. The Labute approximate surface area is 71.4 Å². The molecule has 2 heteroatoms. The van der Waals surface area contributed by atoms with E-state index >= 15 is 0 Å². The zero-order chi connectivity index (χ0) is 9.14. The van der Waals surface area contributed by atoms with Crippen molar-refractivity contribution in [1.29, 1.82) is 5.26 Å². The fourth-order valence-electron chi connectivity index (χ4n) is 1.13. The van der Waals surface area contributed by atoms with E-state index in [-0.39, 0.29) is 5.82 Å². The predicted molar refractivity (Wildman–Crippen MR) is 45.2 cm³/mol. The quantitative estimate of drug-likeness (QED) is 0.624. The fourth-order valence-corrected chi connectivity index (χ4v) is 1.13. The van der Waals surface area contributed by atoms with Crippen LogP contribution in [-0.2, 0) is 6.42 Å². The summed E-state index contributed by atoms with van der Waals surface area (Å²) >= 11 is 0. The summed E-state index contributed by atoms with van der Waals surface area (Å²) in [5.74, 6) is -0.278. The van der Waals surface area contributed by atoms with Crippen molar-refractivity contribution >= 4 is 0 Å². The van der Waals surface area contributed by atoms with E-state index in [1.54, 1.807) is 6.07 Å². The Morgan fingerprint density at radius 3 is 2.67 bits per heavy atom. The van der Waals surface area contributed by atoms with Crippen LogP contribution in [0.4, 0.5) is 4.39 Å². The molecule has 0 aromatic heterocycles. The SMILES string of the molecule is CCc1cc(C)c(C#N)cc1F. The van der Waals surface area contributed by atoms with Crippen molar-refractivity contribution in [2.24, 2.45) is 0 Å². The molecule has 0 saturated carbocycles. The van der Waals surface area contributed by atoms with Crippen LogP contribution in [0.5, 0.6) is 0 Å². The molecule has 0 amide bonds. The number of nitriles is 1. The van der Waals surface area contributed by atoms with Crippen molar-refractivity contribution in [3.63, 3.8) is 0 Å². The average molecular weight is 163 g/mol. The normalized spacial score (nSPS) is 9.50. The molecule has 0 aliphatic heterocycles. The van der Waals surface area contributed by atoms with Gasteiger partial charge in [0.2, 0.25) is 0 Å². The molecule has 62 valence electrons. The number of rotatable bonds is 1. The molecule has 0 unspecified atom stereocenters. The van der Waals surface area contributed by atoms with Crippen LogP contribution in [0.2, 0.25) is 0 Å². The van der Waals surface area contributed by atoms with Crippen LogP contribution in [0.1, 0.15) is 23.6 Å². The molecule has 1 rings (SSSR count). The molecule has 0 radical (unpaired) electrons. The Morgan fingerprint density at radius 2 is 2.17 bits per heavy atom. The van der Waals surface area contributed by atoms with E-state index < -0.39 is 0 Å². The van der Waals surface area contributed by atoms with Gasteiger partial charge >= 0.3 is 0 Å². The average Bonchev–Trinajstić information content (AvgIpc) is 2.08. The van der Waals surface area contributed by atoms with Crippen LogP contribution in [0.3, 0.4) is 0 Å². The van der Waals surface area contributed by atoms with E-state index in [9.17, 15) is 4.39 Å². The molecule has 0 N–H and O–H groups in total. The lowest BCUT2D eigenvalue weighted by Crippen LogP contribution is -1.92. The van der Waals surface area contributed by atoms with E-state index in [1.807, 2.05) is 19.9 Å². The van der Waals surface area contributed by atoms with Crippen LogP contribution >= 0.6 is 0 Å². The maximum Gasteiger partial charge on any atom is 0.127 e. The Morgan fingerprint density at radius 1 is 1.50 bits per heavy atom. The molecule has 0 aliphatic rings. The number of nitrogens with zero attached hydrogens (tertiary/aromatic N) is 1. The van der Waals surface area contributed by atoms with Crippen LogP contribution in [-0.4, -0.2) is 0 Å². The Hall–Kier alpha value is -1.36. The Balaban J connectivity index is 3.28. The van der Waals surface area contributed by atoms with Gasteiger partial charge in [-0.3, -0.25) is 0 Å². The molecule has 0 fully saturated rings. The molecule has 1 aromatic carbocycles. The van der Waals surface area contributed by atoms with Gasteiger partial charge in [0, 0.05) is 0 Å². The highest BCUT2D eigenvalue weighted by Crippen LogP contribution is 2.14. The molecule has 0 atom stereocenters. The lowest BCUT2D eigenvalue weighted by Gasteiger charge is -2.02. The summed E-state index contributed by atoms with van der Waals surface area (Å²) in [4.78, 5) is 0. The van der Waals surface area contributed by atoms with Gasteiger partial charge in [-0.05, 0) is 30.5 Å². The predicted octanol–water partition coefficient (Wildman–Crippen LogP) is 2.57. The summed E-state index contributed by atoms with van der Waals surface area (Å²) in [6, 6.07) is 4.98. The third-order valence-electron chi connectivity index (χ3n) is 1.89. The highest BCUT2D eigenvalue weighted by molar-refractivity contribution is 5.40. The molecule has 12 heavy (non-hydrogen) atoms. The zero-order valence-corrected chi connectivity index (χ0v) is 7.19. The number of hydrogen-bond acceptors (Lipinski definition) is 1. The van der Waals surface area contributed by atoms with Crippen molar-refractivity contribution in [1.82, 2.24) is 0 Å². The summed E-state index contributed by atoms with van der Waals surface area (Å²) in [5, 5.41) is 8.59. The summed E-state index contributed by atoms with van der Waals surface area (Å²) in [7, 11) is 0. The first-order valence-electron chi connectivity index (χ1n) is 3.88. The largest absolute Gasteiger partial charge is 0.207 e. The molecule has 0 bridgehead atoms. The molecule has 0 saturated heterocycles. The number of halogens is 1. The number of hydrogen-bond donors (Lipinski definition) is 0. The van der Waals surface area contributed by atoms with Gasteiger partial charge < -0.3 is 0 Å². The van der Waals surface area contributed by atoms with Crippen LogP contribution in [0.15, 0.2) is 12.1 Å². The first kappa shape index (κ1) is 8.73. The molecule has 0 spiro atoms. The van der Waals surface area contributed by atoms with E-state index in [4.69, 9.17) is 5.26 Å². The Kier molecular flexibility index (Phi) is 2.44. The minimum Gasteiger partial charge on any atom is -0.207 e. The van der Waals surface area contributed by atoms with E-state index in [0.717, 1.165) is 5.56 Å². The zero-order valence-electron chi connectivity index (χ0n) is 7.19. The maximum absolute atomic E-state index is 13.1. The van der Waals surface area contributed by atoms with Crippen molar-refractivity contribution < 1.29 is 4.39 Å². The van der Waals surface area contributed by atoms with Gasteiger partial charge in [0.05, 0.1) is 11.6 Å². The second kappa shape index (κ2) is 3.36. The summed E-state index contributed by atoms with van der Waals surface area (Å²) in [5.41, 5.74) is 1.94. The van der Waals surface area contributed by atoms with Gasteiger partial charge in [0.25, 0.3) is 0 Å². The molecular weight excluding hydrogens is 153 g/mol. The molecule has 1 nitrogen and oxygen atoms in total. The van der Waals surface area contributed by atoms with Crippen LogP contribution in [0.25, 0.3) is 0 Å². The lowest BCUT2D eigenvalue weighted by atomic mass is 10.0. The smallest absolute Gasteiger partial charge is 0.127 e. The van der Waals surface area contributed by atoms with Gasteiger partial charge in [-0.1, -0.05) is 13.0 Å². The molecule has 0 aliphatic carbocycles. The van der Waals surface area contributed by atoms with Gasteiger partial charge in [0.15, 0.2) is 0 Å². The summed E-state index contributed by atoms with van der Waals surface area (Å²) in [6.45, 7) is 3.71. The maximum atomic E-state index is 13.1. The first-order valence-corrected chi connectivity index (χ1v) is 3.88. The minimum atomic E-state index is -0.278. The second-order valence-corrected chi connectivity index (χ2v) is 2.72. The standard InChI is InChI=1S/C10H10FN/c1-3-8-4-7(2)9(6-12)5-10(8)11/h4-5H,3H2,1-2H3. The van der Waals surface area contributed by atoms with Crippen LogP contribution < -0.4 is 0 Å². The third-order valence-corrected chi connectivity index (χ3v) is 1.89. The van der Waals surface area contributed by atoms with Crippen LogP contribution in [0, 0.1) is 24.1 Å². The van der Waals surface area contributed by atoms with Gasteiger partial charge in [0.1, 0.15) is 5.82 Å². The Bertz CT molecular complexity index is 336. The number of aryl methyl sites for hydroxylation is 2. The van der Waals surface area contributed by atoms with Gasteiger partial charge in [-0.25, -0.2) is 4.39 Å². The highest BCUT2D eigenvalue weighted by Gasteiger charge is 2.04. The molecular formula is C10H10FN. The fraction of sp³-hybridized carbons (Fsp3) is 0.300. The number of benzene rings is 1. The van der Waals surface area contributed by atoms with E-state index in [1.165, 1.54) is 6.07 Å². The van der Waals surface area contributed by atoms with E-state index in [2.05, 4.69) is 0 Å². The third kappa shape index (κ3) is 1.45. The van der Waals surface area contributed by atoms with Crippen molar-refractivity contribution in [3.05, 3.63) is 34.6 Å². The lowest BCUT2D eigenvalue weighted by molar-refractivity contribution is 0.611. The monoisotopic (exact) mass is 163 g/mol. The van der Waals surface area contributed by atoms with Crippen molar-refractivity contribution in [2.75, 3.05) is 0 Å². The molecule has 1 aromatic rings. The van der Waals surface area contributed by atoms with Gasteiger partial charge in [-0.2, -0.15) is 5.26 Å². The van der Waals surface area contributed by atoms with E-state index in [0.29, 0.717) is 17.5 Å². The molecule has 0 heterocycles. The summed E-state index contributed by atoms with van der Waals surface area (Å²) < 4.78 is 13.1. The van der Waals surface area contributed by atoms with Gasteiger partial charge in [-0.15, -0.1) is 0 Å². The van der Waals surface area contributed by atoms with Crippen molar-refractivity contribution in [2.45, 2.75) is 20.3 Å².